The second-order valence-electron chi connectivity index (χ2n) is 5.06. The minimum atomic E-state index is -0.455. The standard InChI is InChI=1S/C19H14N4O/c20-12-15(19(24)22-17-9-5-2-6-10-17)11-16-13-21-23-18(16)14-7-3-1-4-8-14/h1-11,13H,(H,21,23)(H,22,24)/b15-11-. The summed E-state index contributed by atoms with van der Waals surface area (Å²) in [6.45, 7) is 0. The number of benzene rings is 2. The lowest BCUT2D eigenvalue weighted by Gasteiger charge is -2.04. The average molecular weight is 314 g/mol. The first-order valence-corrected chi connectivity index (χ1v) is 7.35. The number of aromatic amines is 1. The Morgan fingerprint density at radius 1 is 1.08 bits per heavy atom. The minimum Gasteiger partial charge on any atom is -0.321 e. The molecule has 0 unspecified atom stereocenters. The number of nitriles is 1. The highest BCUT2D eigenvalue weighted by molar-refractivity contribution is 6.10. The van der Waals surface area contributed by atoms with Gasteiger partial charge in [0.2, 0.25) is 0 Å². The maximum Gasteiger partial charge on any atom is 0.266 e. The van der Waals surface area contributed by atoms with Gasteiger partial charge in [-0.05, 0) is 18.2 Å². The molecule has 0 aliphatic rings. The van der Waals surface area contributed by atoms with E-state index in [-0.39, 0.29) is 5.57 Å². The third kappa shape index (κ3) is 3.39. The fraction of sp³-hybridized carbons (Fsp3) is 0. The lowest BCUT2D eigenvalue weighted by atomic mass is 10.1. The van der Waals surface area contributed by atoms with E-state index in [0.717, 1.165) is 11.3 Å². The molecule has 1 aromatic heterocycles. The van der Waals surface area contributed by atoms with E-state index in [9.17, 15) is 10.1 Å². The van der Waals surface area contributed by atoms with Crippen molar-refractivity contribution in [2.24, 2.45) is 0 Å². The number of hydrogen-bond donors (Lipinski definition) is 2. The zero-order valence-corrected chi connectivity index (χ0v) is 12.7. The van der Waals surface area contributed by atoms with Crippen molar-refractivity contribution in [3.63, 3.8) is 0 Å². The molecular weight excluding hydrogens is 300 g/mol. The Morgan fingerprint density at radius 3 is 2.42 bits per heavy atom. The van der Waals surface area contributed by atoms with Crippen LogP contribution in [0.3, 0.4) is 0 Å². The number of H-pyrrole nitrogens is 1. The molecule has 1 amide bonds. The van der Waals surface area contributed by atoms with Gasteiger partial charge in [-0.2, -0.15) is 10.4 Å². The van der Waals surface area contributed by atoms with Gasteiger partial charge >= 0.3 is 0 Å². The van der Waals surface area contributed by atoms with Crippen LogP contribution in [0.25, 0.3) is 17.3 Å². The number of carbonyl (C=O) groups is 1. The second-order valence-corrected chi connectivity index (χ2v) is 5.06. The van der Waals surface area contributed by atoms with Crippen LogP contribution < -0.4 is 5.32 Å². The van der Waals surface area contributed by atoms with Gasteiger partial charge in [0.05, 0.1) is 11.9 Å². The van der Waals surface area contributed by atoms with Crippen molar-refractivity contribution in [1.29, 1.82) is 5.26 Å². The Kier molecular flexibility index (Phi) is 4.50. The van der Waals surface area contributed by atoms with Crippen molar-refractivity contribution in [3.8, 4) is 17.3 Å². The lowest BCUT2D eigenvalue weighted by Crippen LogP contribution is -2.13. The highest BCUT2D eigenvalue weighted by Crippen LogP contribution is 2.23. The molecule has 5 nitrogen and oxygen atoms in total. The average Bonchev–Trinajstić information content (AvgIpc) is 3.09. The Morgan fingerprint density at radius 2 is 1.75 bits per heavy atom. The Hall–Kier alpha value is -3.65. The predicted molar refractivity (Wildman–Crippen MR) is 92.7 cm³/mol. The van der Waals surface area contributed by atoms with E-state index >= 15 is 0 Å². The van der Waals surface area contributed by atoms with Crippen LogP contribution in [0, 0.1) is 11.3 Å². The van der Waals surface area contributed by atoms with Crippen LogP contribution in [0.15, 0.2) is 72.4 Å². The molecule has 5 heteroatoms. The van der Waals surface area contributed by atoms with Crippen LogP contribution in [0.2, 0.25) is 0 Å². The first kappa shape index (κ1) is 15.3. The molecule has 1 heterocycles. The Bertz CT molecular complexity index is 905. The molecular formula is C19H14N4O. The molecule has 0 fully saturated rings. The molecule has 0 aliphatic carbocycles. The molecule has 2 aromatic carbocycles. The number of anilines is 1. The Labute approximate surface area is 139 Å². The summed E-state index contributed by atoms with van der Waals surface area (Å²) in [6.07, 6.45) is 3.12. The SMILES string of the molecule is N#C/C(=C/c1cn[nH]c1-c1ccccc1)C(=O)Nc1ccccc1. The quantitative estimate of drug-likeness (QED) is 0.570. The van der Waals surface area contributed by atoms with Crippen LogP contribution >= 0.6 is 0 Å². The highest BCUT2D eigenvalue weighted by Gasteiger charge is 2.12. The maximum atomic E-state index is 12.3. The lowest BCUT2D eigenvalue weighted by molar-refractivity contribution is -0.112. The summed E-state index contributed by atoms with van der Waals surface area (Å²) < 4.78 is 0. The first-order chi connectivity index (χ1) is 11.8. The second kappa shape index (κ2) is 7.07. The topological polar surface area (TPSA) is 81.6 Å². The first-order valence-electron chi connectivity index (χ1n) is 7.35. The minimum absolute atomic E-state index is 0.0115. The molecule has 0 radical (unpaired) electrons. The van der Waals surface area contributed by atoms with Gasteiger partial charge < -0.3 is 5.32 Å². The molecule has 116 valence electrons. The zero-order chi connectivity index (χ0) is 16.8. The number of para-hydroxylation sites is 1. The van der Waals surface area contributed by atoms with E-state index in [4.69, 9.17) is 0 Å². The third-order valence-corrected chi connectivity index (χ3v) is 3.43. The summed E-state index contributed by atoms with van der Waals surface area (Å²) in [5.74, 6) is -0.455. The number of nitrogens with one attached hydrogen (secondary N) is 2. The van der Waals surface area contributed by atoms with Gasteiger partial charge in [0.25, 0.3) is 5.91 Å². The maximum absolute atomic E-state index is 12.3. The van der Waals surface area contributed by atoms with E-state index in [1.807, 2.05) is 54.6 Å². The van der Waals surface area contributed by atoms with Crippen molar-refractivity contribution < 1.29 is 4.79 Å². The summed E-state index contributed by atoms with van der Waals surface area (Å²) in [7, 11) is 0. The van der Waals surface area contributed by atoms with E-state index < -0.39 is 5.91 Å². The van der Waals surface area contributed by atoms with E-state index in [2.05, 4.69) is 15.5 Å². The number of amides is 1. The van der Waals surface area contributed by atoms with Crippen molar-refractivity contribution in [2.75, 3.05) is 5.32 Å². The number of nitrogens with zero attached hydrogens (tertiary/aromatic N) is 2. The van der Waals surface area contributed by atoms with Crippen LogP contribution in [0.5, 0.6) is 0 Å². The van der Waals surface area contributed by atoms with Crippen molar-refractivity contribution in [3.05, 3.63) is 78.0 Å². The van der Waals surface area contributed by atoms with Crippen LogP contribution in [0.4, 0.5) is 5.69 Å². The van der Waals surface area contributed by atoms with Crippen LogP contribution in [0.1, 0.15) is 5.56 Å². The monoisotopic (exact) mass is 314 g/mol. The predicted octanol–water partition coefficient (Wildman–Crippen LogP) is 3.62. The molecule has 2 N–H and O–H groups in total. The van der Waals surface area contributed by atoms with Gasteiger partial charge in [-0.3, -0.25) is 9.89 Å². The fourth-order valence-corrected chi connectivity index (χ4v) is 2.26. The molecule has 3 aromatic rings. The fourth-order valence-electron chi connectivity index (χ4n) is 2.26. The molecule has 0 saturated heterocycles. The molecule has 0 saturated carbocycles. The van der Waals surface area contributed by atoms with E-state index in [0.29, 0.717) is 11.3 Å². The Balaban J connectivity index is 1.88. The zero-order valence-electron chi connectivity index (χ0n) is 12.7. The smallest absolute Gasteiger partial charge is 0.266 e. The van der Waals surface area contributed by atoms with Crippen molar-refractivity contribution in [1.82, 2.24) is 10.2 Å². The van der Waals surface area contributed by atoms with E-state index in [1.54, 1.807) is 18.3 Å². The molecule has 0 atom stereocenters. The van der Waals surface area contributed by atoms with Gasteiger partial charge in [-0.15, -0.1) is 0 Å². The molecule has 3 rings (SSSR count). The van der Waals surface area contributed by atoms with Crippen molar-refractivity contribution >= 4 is 17.7 Å². The largest absolute Gasteiger partial charge is 0.321 e. The number of carbonyl (C=O) groups excluding carboxylic acids is 1. The van der Waals surface area contributed by atoms with Gasteiger partial charge in [-0.25, -0.2) is 0 Å². The highest BCUT2D eigenvalue weighted by atomic mass is 16.1. The molecule has 0 bridgehead atoms. The van der Waals surface area contributed by atoms with Gasteiger partial charge in [0.1, 0.15) is 11.6 Å². The summed E-state index contributed by atoms with van der Waals surface area (Å²) in [6, 6.07) is 20.6. The number of rotatable bonds is 4. The molecule has 0 aliphatic heterocycles. The van der Waals surface area contributed by atoms with Gasteiger partial charge in [0, 0.05) is 16.8 Å². The number of aromatic nitrogens is 2. The van der Waals surface area contributed by atoms with Crippen molar-refractivity contribution in [2.45, 2.75) is 0 Å². The summed E-state index contributed by atoms with van der Waals surface area (Å²) in [5, 5.41) is 19.0. The summed E-state index contributed by atoms with van der Waals surface area (Å²) >= 11 is 0. The van der Waals surface area contributed by atoms with Crippen LogP contribution in [-0.2, 0) is 4.79 Å². The number of hydrogen-bond acceptors (Lipinski definition) is 3. The molecule has 24 heavy (non-hydrogen) atoms. The van der Waals surface area contributed by atoms with E-state index in [1.165, 1.54) is 6.08 Å². The third-order valence-electron chi connectivity index (χ3n) is 3.43. The van der Waals surface area contributed by atoms with Crippen LogP contribution in [-0.4, -0.2) is 16.1 Å². The molecule has 0 spiro atoms. The normalized spacial score (nSPS) is 10.9. The summed E-state index contributed by atoms with van der Waals surface area (Å²) in [4.78, 5) is 12.3. The van der Waals surface area contributed by atoms with Gasteiger partial charge in [0.15, 0.2) is 0 Å². The summed E-state index contributed by atoms with van der Waals surface area (Å²) in [5.41, 5.74) is 3.02. The van der Waals surface area contributed by atoms with Gasteiger partial charge in [-0.1, -0.05) is 48.5 Å².